The van der Waals surface area contributed by atoms with Crippen LogP contribution in [0.5, 0.6) is 0 Å². The molecule has 3 N–H and O–H groups in total. The van der Waals surface area contributed by atoms with Crippen LogP contribution in [0.2, 0.25) is 0 Å². The summed E-state index contributed by atoms with van der Waals surface area (Å²) >= 11 is 0. The summed E-state index contributed by atoms with van der Waals surface area (Å²) in [5, 5.41) is 10.6. The minimum Gasteiger partial charge on any atom is -0.384 e. The van der Waals surface area contributed by atoms with Crippen molar-refractivity contribution in [3.05, 3.63) is 34.4 Å². The van der Waals surface area contributed by atoms with Gasteiger partial charge in [-0.2, -0.15) is 0 Å². The van der Waals surface area contributed by atoms with Crippen molar-refractivity contribution in [2.24, 2.45) is 5.73 Å². The van der Waals surface area contributed by atoms with E-state index in [1.165, 1.54) is 11.1 Å². The zero-order chi connectivity index (χ0) is 12.3. The highest BCUT2D eigenvalue weighted by Gasteiger charge is 2.28. The van der Waals surface area contributed by atoms with Crippen molar-refractivity contribution in [3.63, 3.8) is 0 Å². The van der Waals surface area contributed by atoms with E-state index in [9.17, 15) is 5.11 Å². The highest BCUT2D eigenvalue weighted by molar-refractivity contribution is 5.39. The molecule has 0 aliphatic heterocycles. The third-order valence-electron chi connectivity index (χ3n) is 3.34. The van der Waals surface area contributed by atoms with Crippen LogP contribution in [0.3, 0.4) is 0 Å². The van der Waals surface area contributed by atoms with E-state index in [1.54, 1.807) is 0 Å². The van der Waals surface area contributed by atoms with E-state index in [0.29, 0.717) is 6.42 Å². The summed E-state index contributed by atoms with van der Waals surface area (Å²) < 4.78 is 0. The monoisotopic (exact) mass is 221 g/mol. The Morgan fingerprint density at radius 2 is 1.69 bits per heavy atom. The molecule has 1 unspecified atom stereocenters. The molecule has 0 aromatic heterocycles. The van der Waals surface area contributed by atoms with Crippen molar-refractivity contribution in [1.82, 2.24) is 0 Å². The number of benzene rings is 1. The lowest BCUT2D eigenvalue weighted by molar-refractivity contribution is 0.0353. The third-order valence-corrected chi connectivity index (χ3v) is 3.34. The molecule has 0 aliphatic rings. The summed E-state index contributed by atoms with van der Waals surface area (Å²) in [6.07, 6.45) is 1.65. The van der Waals surface area contributed by atoms with Crippen LogP contribution >= 0.6 is 0 Å². The SMILES string of the molecule is CCCC(O)(CN)c1cc(C)c(C)cc1C. The van der Waals surface area contributed by atoms with Crippen LogP contribution in [0.4, 0.5) is 0 Å². The summed E-state index contributed by atoms with van der Waals surface area (Å²) in [5.41, 5.74) is 9.46. The van der Waals surface area contributed by atoms with Gasteiger partial charge in [0, 0.05) is 6.54 Å². The Labute approximate surface area is 98.5 Å². The lowest BCUT2D eigenvalue weighted by atomic mass is 9.84. The second-order valence-electron chi connectivity index (χ2n) is 4.74. The Hall–Kier alpha value is -0.860. The van der Waals surface area contributed by atoms with Gasteiger partial charge in [-0.15, -0.1) is 0 Å². The summed E-state index contributed by atoms with van der Waals surface area (Å²) in [7, 11) is 0. The molecular formula is C14H23NO. The van der Waals surface area contributed by atoms with Gasteiger partial charge >= 0.3 is 0 Å². The van der Waals surface area contributed by atoms with E-state index in [4.69, 9.17) is 5.73 Å². The number of hydrogen-bond donors (Lipinski definition) is 2. The zero-order valence-electron chi connectivity index (χ0n) is 10.8. The van der Waals surface area contributed by atoms with Crippen molar-refractivity contribution >= 4 is 0 Å². The Bertz CT molecular complexity index is 373. The van der Waals surface area contributed by atoms with E-state index in [0.717, 1.165) is 17.5 Å². The first-order valence-electron chi connectivity index (χ1n) is 5.95. The fourth-order valence-corrected chi connectivity index (χ4v) is 2.22. The summed E-state index contributed by atoms with van der Waals surface area (Å²) in [4.78, 5) is 0. The zero-order valence-corrected chi connectivity index (χ0v) is 10.8. The van der Waals surface area contributed by atoms with Gasteiger partial charge in [-0.05, 0) is 49.4 Å². The molecule has 0 fully saturated rings. The van der Waals surface area contributed by atoms with Crippen molar-refractivity contribution in [2.45, 2.75) is 46.1 Å². The average Bonchev–Trinajstić information content (AvgIpc) is 2.23. The first kappa shape index (κ1) is 13.2. The predicted molar refractivity (Wildman–Crippen MR) is 68.5 cm³/mol. The van der Waals surface area contributed by atoms with Crippen LogP contribution in [-0.2, 0) is 5.60 Å². The first-order valence-corrected chi connectivity index (χ1v) is 5.95. The Morgan fingerprint density at radius 3 is 2.19 bits per heavy atom. The lowest BCUT2D eigenvalue weighted by Crippen LogP contribution is -2.35. The van der Waals surface area contributed by atoms with Crippen LogP contribution < -0.4 is 5.73 Å². The molecule has 0 spiro atoms. The number of aryl methyl sites for hydroxylation is 3. The van der Waals surface area contributed by atoms with Gasteiger partial charge in [0.1, 0.15) is 5.60 Å². The Kier molecular flexibility index (Phi) is 4.11. The quantitative estimate of drug-likeness (QED) is 0.820. The van der Waals surface area contributed by atoms with Crippen LogP contribution in [0.15, 0.2) is 12.1 Å². The van der Waals surface area contributed by atoms with Gasteiger partial charge in [0.05, 0.1) is 0 Å². The predicted octanol–water partition coefficient (Wildman–Crippen LogP) is 2.56. The van der Waals surface area contributed by atoms with Crippen LogP contribution in [0.25, 0.3) is 0 Å². The third kappa shape index (κ3) is 2.45. The molecule has 0 amide bonds. The van der Waals surface area contributed by atoms with Crippen molar-refractivity contribution in [2.75, 3.05) is 6.54 Å². The van der Waals surface area contributed by atoms with E-state index >= 15 is 0 Å². The second-order valence-corrected chi connectivity index (χ2v) is 4.74. The average molecular weight is 221 g/mol. The molecule has 1 aromatic rings. The Balaban J connectivity index is 3.25. The maximum absolute atomic E-state index is 10.6. The van der Waals surface area contributed by atoms with Gasteiger partial charge in [-0.25, -0.2) is 0 Å². The molecule has 0 radical (unpaired) electrons. The molecule has 1 rings (SSSR count). The summed E-state index contributed by atoms with van der Waals surface area (Å²) in [6.45, 7) is 8.55. The standard InChI is InChI=1S/C14H23NO/c1-5-6-14(16,9-15)13-8-11(3)10(2)7-12(13)4/h7-8,16H,5-6,9,15H2,1-4H3. The highest BCUT2D eigenvalue weighted by atomic mass is 16.3. The van der Waals surface area contributed by atoms with Crippen LogP contribution in [0, 0.1) is 20.8 Å². The Morgan fingerprint density at radius 1 is 1.12 bits per heavy atom. The van der Waals surface area contributed by atoms with Crippen LogP contribution in [-0.4, -0.2) is 11.7 Å². The van der Waals surface area contributed by atoms with E-state index in [1.807, 2.05) is 6.92 Å². The number of rotatable bonds is 4. The van der Waals surface area contributed by atoms with Gasteiger partial charge in [-0.3, -0.25) is 0 Å². The van der Waals surface area contributed by atoms with Gasteiger partial charge in [0.25, 0.3) is 0 Å². The minimum atomic E-state index is -0.864. The van der Waals surface area contributed by atoms with Gasteiger partial charge in [0.15, 0.2) is 0 Å². The largest absolute Gasteiger partial charge is 0.384 e. The second kappa shape index (κ2) is 4.98. The molecule has 0 saturated carbocycles. The molecule has 0 heterocycles. The normalized spacial score (nSPS) is 14.9. The fraction of sp³-hybridized carbons (Fsp3) is 0.571. The van der Waals surface area contributed by atoms with Crippen molar-refractivity contribution < 1.29 is 5.11 Å². The number of aliphatic hydroxyl groups is 1. The summed E-state index contributed by atoms with van der Waals surface area (Å²) in [5.74, 6) is 0. The van der Waals surface area contributed by atoms with Gasteiger partial charge in [0.2, 0.25) is 0 Å². The lowest BCUT2D eigenvalue weighted by Gasteiger charge is -2.29. The van der Waals surface area contributed by atoms with Gasteiger partial charge < -0.3 is 10.8 Å². The maximum Gasteiger partial charge on any atom is 0.102 e. The topological polar surface area (TPSA) is 46.2 Å². The molecular weight excluding hydrogens is 198 g/mol. The van der Waals surface area contributed by atoms with Crippen LogP contribution in [0.1, 0.15) is 42.0 Å². The van der Waals surface area contributed by atoms with Gasteiger partial charge in [-0.1, -0.05) is 25.5 Å². The molecule has 1 atom stereocenters. The van der Waals surface area contributed by atoms with Crippen molar-refractivity contribution in [1.29, 1.82) is 0 Å². The molecule has 90 valence electrons. The minimum absolute atomic E-state index is 0.282. The molecule has 1 aromatic carbocycles. The first-order chi connectivity index (χ1) is 7.44. The summed E-state index contributed by atoms with van der Waals surface area (Å²) in [6, 6.07) is 4.20. The van der Waals surface area contributed by atoms with E-state index < -0.39 is 5.60 Å². The maximum atomic E-state index is 10.6. The van der Waals surface area contributed by atoms with Crippen molar-refractivity contribution in [3.8, 4) is 0 Å². The smallest absolute Gasteiger partial charge is 0.102 e. The molecule has 16 heavy (non-hydrogen) atoms. The molecule has 2 heteroatoms. The molecule has 0 aliphatic carbocycles. The van der Waals surface area contributed by atoms with E-state index in [2.05, 4.69) is 32.9 Å². The molecule has 0 bridgehead atoms. The molecule has 0 saturated heterocycles. The molecule has 2 nitrogen and oxygen atoms in total. The fourth-order valence-electron chi connectivity index (χ4n) is 2.22. The number of hydrogen-bond acceptors (Lipinski definition) is 2. The highest BCUT2D eigenvalue weighted by Crippen LogP contribution is 2.30. The van der Waals surface area contributed by atoms with E-state index in [-0.39, 0.29) is 6.54 Å². The number of nitrogens with two attached hydrogens (primary N) is 1.